The molecule has 0 fully saturated rings. The molecule has 1 unspecified atom stereocenters. The number of hydrogen-bond acceptors (Lipinski definition) is 1. The van der Waals surface area contributed by atoms with E-state index >= 15 is 0 Å². The fourth-order valence-corrected chi connectivity index (χ4v) is 2.56. The minimum Gasteiger partial charge on any atom is -0.314 e. The Balaban J connectivity index is 2.14. The van der Waals surface area contributed by atoms with Crippen molar-refractivity contribution < 1.29 is 0 Å². The maximum absolute atomic E-state index is 5.97. The summed E-state index contributed by atoms with van der Waals surface area (Å²) < 4.78 is 0. The van der Waals surface area contributed by atoms with Crippen molar-refractivity contribution in [3.05, 3.63) is 70.2 Å². The summed E-state index contributed by atoms with van der Waals surface area (Å²) in [6.07, 6.45) is 1.03. The molecule has 1 atom stereocenters. The first-order valence-corrected chi connectivity index (χ1v) is 7.97. The van der Waals surface area contributed by atoms with Crippen molar-refractivity contribution in [2.24, 2.45) is 0 Å². The van der Waals surface area contributed by atoms with E-state index in [4.69, 9.17) is 11.6 Å². The Bertz CT molecular complexity index is 543. The molecule has 0 saturated heterocycles. The molecule has 0 amide bonds. The number of hydrogen-bond donors (Lipinski definition) is 1. The average Bonchev–Trinajstić information content (AvgIpc) is 2.46. The third kappa shape index (κ3) is 5.18. The zero-order valence-electron chi connectivity index (χ0n) is 13.1. The van der Waals surface area contributed by atoms with Gasteiger partial charge in [0.2, 0.25) is 0 Å². The molecule has 0 heterocycles. The summed E-state index contributed by atoms with van der Waals surface area (Å²) in [5.74, 6) is 0.481. The van der Waals surface area contributed by atoms with E-state index in [1.54, 1.807) is 0 Å². The predicted octanol–water partition coefficient (Wildman–Crippen LogP) is 4.97. The van der Waals surface area contributed by atoms with Gasteiger partial charge in [-0.05, 0) is 36.6 Å². The van der Waals surface area contributed by atoms with Crippen LogP contribution in [0.2, 0.25) is 5.02 Å². The molecule has 1 nitrogen and oxygen atoms in total. The average molecular weight is 302 g/mol. The highest BCUT2D eigenvalue weighted by molar-refractivity contribution is 6.30. The van der Waals surface area contributed by atoms with Gasteiger partial charge < -0.3 is 5.32 Å². The summed E-state index contributed by atoms with van der Waals surface area (Å²) in [4.78, 5) is 0. The van der Waals surface area contributed by atoms with E-state index < -0.39 is 0 Å². The van der Waals surface area contributed by atoms with E-state index in [2.05, 4.69) is 62.5 Å². The SMILES string of the molecule is Cc1ccc(C(CNC(C)C)Cc2ccc(Cl)cc2)cc1. The standard InChI is InChI=1S/C19H24ClN/c1-14(2)21-13-18(17-8-4-15(3)5-9-17)12-16-6-10-19(20)11-7-16/h4-11,14,18,21H,12-13H2,1-3H3. The fourth-order valence-electron chi connectivity index (χ4n) is 2.43. The lowest BCUT2D eigenvalue weighted by atomic mass is 9.91. The van der Waals surface area contributed by atoms with Crippen molar-refractivity contribution in [3.8, 4) is 0 Å². The highest BCUT2D eigenvalue weighted by Gasteiger charge is 2.13. The minimum absolute atomic E-state index is 0.481. The number of rotatable bonds is 6. The van der Waals surface area contributed by atoms with Crippen LogP contribution in [-0.4, -0.2) is 12.6 Å². The Morgan fingerprint density at radius 1 is 0.952 bits per heavy atom. The monoisotopic (exact) mass is 301 g/mol. The van der Waals surface area contributed by atoms with E-state index in [-0.39, 0.29) is 0 Å². The van der Waals surface area contributed by atoms with E-state index in [0.29, 0.717) is 12.0 Å². The molecule has 2 heteroatoms. The molecular weight excluding hydrogens is 278 g/mol. The molecule has 1 N–H and O–H groups in total. The second kappa shape index (κ2) is 7.63. The third-order valence-electron chi connectivity index (χ3n) is 3.72. The van der Waals surface area contributed by atoms with Gasteiger partial charge in [-0.3, -0.25) is 0 Å². The van der Waals surface area contributed by atoms with Crippen LogP contribution < -0.4 is 5.32 Å². The van der Waals surface area contributed by atoms with E-state index in [9.17, 15) is 0 Å². The van der Waals surface area contributed by atoms with Gasteiger partial charge in [0, 0.05) is 23.5 Å². The Labute approximate surface area is 133 Å². The third-order valence-corrected chi connectivity index (χ3v) is 3.97. The molecule has 0 aliphatic carbocycles. The normalized spacial score (nSPS) is 12.6. The van der Waals surface area contributed by atoms with Gasteiger partial charge in [0.15, 0.2) is 0 Å². The second-order valence-electron chi connectivity index (χ2n) is 6.00. The van der Waals surface area contributed by atoms with Crippen LogP contribution in [0.1, 0.15) is 36.5 Å². The number of benzene rings is 2. The van der Waals surface area contributed by atoms with Crippen molar-refractivity contribution in [3.63, 3.8) is 0 Å². The van der Waals surface area contributed by atoms with Crippen LogP contribution >= 0.6 is 11.6 Å². The van der Waals surface area contributed by atoms with E-state index in [0.717, 1.165) is 18.0 Å². The lowest BCUT2D eigenvalue weighted by molar-refractivity contribution is 0.527. The fraction of sp³-hybridized carbons (Fsp3) is 0.368. The molecule has 0 aliphatic heterocycles. The van der Waals surface area contributed by atoms with Gasteiger partial charge in [-0.1, -0.05) is 67.4 Å². The van der Waals surface area contributed by atoms with Crippen molar-refractivity contribution in [2.75, 3.05) is 6.54 Å². The molecule has 0 aromatic heterocycles. The number of nitrogens with one attached hydrogen (secondary N) is 1. The van der Waals surface area contributed by atoms with E-state index in [1.165, 1.54) is 16.7 Å². The van der Waals surface area contributed by atoms with Crippen LogP contribution in [0.4, 0.5) is 0 Å². The van der Waals surface area contributed by atoms with Gasteiger partial charge in [-0.2, -0.15) is 0 Å². The summed E-state index contributed by atoms with van der Waals surface area (Å²) in [6, 6.07) is 17.6. The Morgan fingerprint density at radius 2 is 1.57 bits per heavy atom. The lowest BCUT2D eigenvalue weighted by Crippen LogP contribution is -2.29. The summed E-state index contributed by atoms with van der Waals surface area (Å²) in [5, 5.41) is 4.36. The molecular formula is C19H24ClN. The maximum atomic E-state index is 5.97. The first-order valence-electron chi connectivity index (χ1n) is 7.59. The molecule has 2 aromatic carbocycles. The first kappa shape index (κ1) is 16.1. The van der Waals surface area contributed by atoms with Gasteiger partial charge in [-0.15, -0.1) is 0 Å². The van der Waals surface area contributed by atoms with Crippen LogP contribution in [0, 0.1) is 6.92 Å². The topological polar surface area (TPSA) is 12.0 Å². The molecule has 112 valence electrons. The van der Waals surface area contributed by atoms with Crippen molar-refractivity contribution in [2.45, 2.75) is 39.2 Å². The predicted molar refractivity (Wildman–Crippen MR) is 92.2 cm³/mol. The molecule has 0 radical (unpaired) electrons. The van der Waals surface area contributed by atoms with Crippen molar-refractivity contribution in [1.29, 1.82) is 0 Å². The Hall–Kier alpha value is -1.31. The Morgan fingerprint density at radius 3 is 2.14 bits per heavy atom. The van der Waals surface area contributed by atoms with Gasteiger partial charge >= 0.3 is 0 Å². The molecule has 21 heavy (non-hydrogen) atoms. The van der Waals surface area contributed by atoms with Crippen molar-refractivity contribution in [1.82, 2.24) is 5.32 Å². The molecule has 2 rings (SSSR count). The van der Waals surface area contributed by atoms with Gasteiger partial charge in [0.1, 0.15) is 0 Å². The zero-order valence-corrected chi connectivity index (χ0v) is 13.8. The van der Waals surface area contributed by atoms with Crippen molar-refractivity contribution >= 4 is 11.6 Å². The summed E-state index contributed by atoms with van der Waals surface area (Å²) >= 11 is 5.97. The van der Waals surface area contributed by atoms with Gasteiger partial charge in [0.05, 0.1) is 0 Å². The van der Waals surface area contributed by atoms with E-state index in [1.807, 2.05) is 12.1 Å². The summed E-state index contributed by atoms with van der Waals surface area (Å²) in [5.41, 5.74) is 4.03. The zero-order chi connectivity index (χ0) is 15.2. The Kier molecular flexibility index (Phi) is 5.84. The quantitative estimate of drug-likeness (QED) is 0.794. The van der Waals surface area contributed by atoms with Gasteiger partial charge in [-0.25, -0.2) is 0 Å². The highest BCUT2D eigenvalue weighted by atomic mass is 35.5. The van der Waals surface area contributed by atoms with Gasteiger partial charge in [0.25, 0.3) is 0 Å². The van der Waals surface area contributed by atoms with Crippen LogP contribution in [0.25, 0.3) is 0 Å². The second-order valence-corrected chi connectivity index (χ2v) is 6.44. The van der Waals surface area contributed by atoms with Crippen LogP contribution in [-0.2, 0) is 6.42 Å². The van der Waals surface area contributed by atoms with Crippen LogP contribution in [0.3, 0.4) is 0 Å². The minimum atomic E-state index is 0.481. The molecule has 0 spiro atoms. The summed E-state index contributed by atoms with van der Waals surface area (Å²) in [7, 11) is 0. The molecule has 2 aromatic rings. The largest absolute Gasteiger partial charge is 0.314 e. The van der Waals surface area contributed by atoms with Crippen LogP contribution in [0.5, 0.6) is 0 Å². The van der Waals surface area contributed by atoms with Crippen LogP contribution in [0.15, 0.2) is 48.5 Å². The highest BCUT2D eigenvalue weighted by Crippen LogP contribution is 2.22. The maximum Gasteiger partial charge on any atom is 0.0406 e. The molecule has 0 aliphatic rings. The smallest absolute Gasteiger partial charge is 0.0406 e. The number of halogens is 1. The molecule has 0 saturated carbocycles. The summed E-state index contributed by atoms with van der Waals surface area (Å²) in [6.45, 7) is 7.50. The number of aryl methyl sites for hydroxylation is 1. The lowest BCUT2D eigenvalue weighted by Gasteiger charge is -2.20. The first-order chi connectivity index (χ1) is 10.0. The molecule has 0 bridgehead atoms.